The molecule has 3 aliphatic rings. The lowest BCUT2D eigenvalue weighted by Crippen LogP contribution is -2.56. The molecule has 1 saturated carbocycles. The molecular formula is C33H39FN4O8. The second-order valence-electron chi connectivity index (χ2n) is 12.2. The van der Waals surface area contributed by atoms with Crippen molar-refractivity contribution in [2.75, 3.05) is 13.3 Å². The molecule has 2 aromatic rings. The molecule has 0 spiro atoms. The molecule has 0 bridgehead atoms. The summed E-state index contributed by atoms with van der Waals surface area (Å²) in [6, 6.07) is 12.1. The summed E-state index contributed by atoms with van der Waals surface area (Å²) >= 11 is 0. The van der Waals surface area contributed by atoms with Gasteiger partial charge in [-0.1, -0.05) is 62.4 Å². The van der Waals surface area contributed by atoms with Gasteiger partial charge in [-0.2, -0.15) is 5.48 Å². The van der Waals surface area contributed by atoms with Crippen LogP contribution in [-0.2, 0) is 48.4 Å². The predicted octanol–water partition coefficient (Wildman–Crippen LogP) is 3.11. The first-order valence-electron chi connectivity index (χ1n) is 15.2. The normalized spacial score (nSPS) is 24.0. The van der Waals surface area contributed by atoms with E-state index in [1.807, 2.05) is 30.3 Å². The molecule has 1 aliphatic carbocycles. The molecule has 0 aromatic heterocycles. The van der Waals surface area contributed by atoms with Gasteiger partial charge in [0, 0.05) is 24.4 Å². The van der Waals surface area contributed by atoms with Gasteiger partial charge in [-0.3, -0.25) is 19.3 Å². The zero-order valence-corrected chi connectivity index (χ0v) is 25.8. The Morgan fingerprint density at radius 2 is 1.89 bits per heavy atom. The summed E-state index contributed by atoms with van der Waals surface area (Å²) in [5.74, 6) is -3.52. The number of halogens is 1. The standard InChI is InChI=1S/C33H39FN4O8/c1-4-23-14-33(23,31(41)42)35-29(39)27-13-24(46-32(43)37-15-22-11-8-12-26(34)25(22)17-37)16-38(27)30(40)28(20(2)3)36-45-19-44-18-21-9-6-5-7-10-21/h4-12,20,23-24,27-28,36H,1,13-19H2,2-3H3,(H,35,39)(H,41,42)/t23-,24-,27+,28?,33?/m1/s1. The van der Waals surface area contributed by atoms with Crippen LogP contribution >= 0.6 is 0 Å². The average Bonchev–Trinajstić information content (AvgIpc) is 3.33. The van der Waals surface area contributed by atoms with Crippen LogP contribution in [0.1, 0.15) is 43.4 Å². The molecule has 13 heteroatoms. The van der Waals surface area contributed by atoms with Crippen LogP contribution in [0.2, 0.25) is 0 Å². The third kappa shape index (κ3) is 7.06. The quantitative estimate of drug-likeness (QED) is 0.130. The van der Waals surface area contributed by atoms with Gasteiger partial charge < -0.3 is 24.8 Å². The van der Waals surface area contributed by atoms with Gasteiger partial charge in [0.05, 0.1) is 19.7 Å². The number of aliphatic carboxylic acids is 1. The van der Waals surface area contributed by atoms with Gasteiger partial charge in [-0.05, 0) is 29.5 Å². The average molecular weight is 639 g/mol. The minimum Gasteiger partial charge on any atom is -0.479 e. The molecule has 0 radical (unpaired) electrons. The number of benzene rings is 2. The van der Waals surface area contributed by atoms with E-state index >= 15 is 0 Å². The minimum absolute atomic E-state index is 0.0349. The van der Waals surface area contributed by atoms with E-state index in [1.165, 1.54) is 21.9 Å². The Hall–Kier alpha value is -4.33. The van der Waals surface area contributed by atoms with Crippen molar-refractivity contribution in [3.05, 3.63) is 83.7 Å². The number of nitrogens with zero attached hydrogens (tertiary/aromatic N) is 2. The molecule has 5 atom stereocenters. The molecule has 246 valence electrons. The number of amides is 3. The summed E-state index contributed by atoms with van der Waals surface area (Å²) in [4.78, 5) is 60.9. The fraction of sp³-hybridized carbons (Fsp3) is 0.455. The number of hydrogen-bond donors (Lipinski definition) is 3. The van der Waals surface area contributed by atoms with Crippen LogP contribution in [0.4, 0.5) is 9.18 Å². The van der Waals surface area contributed by atoms with Crippen molar-refractivity contribution >= 4 is 23.9 Å². The van der Waals surface area contributed by atoms with Crippen molar-refractivity contribution in [3.63, 3.8) is 0 Å². The number of carboxylic acid groups (broad SMARTS) is 1. The monoisotopic (exact) mass is 638 g/mol. The fourth-order valence-corrected chi connectivity index (χ4v) is 5.97. The van der Waals surface area contributed by atoms with E-state index in [0.29, 0.717) is 17.7 Å². The predicted molar refractivity (Wildman–Crippen MR) is 162 cm³/mol. The maximum atomic E-state index is 14.3. The lowest BCUT2D eigenvalue weighted by Gasteiger charge is -2.30. The molecule has 12 nitrogen and oxygen atoms in total. The third-order valence-corrected chi connectivity index (χ3v) is 8.72. The third-order valence-electron chi connectivity index (χ3n) is 8.72. The molecular weight excluding hydrogens is 599 g/mol. The summed E-state index contributed by atoms with van der Waals surface area (Å²) < 4.78 is 25.6. The zero-order valence-electron chi connectivity index (χ0n) is 25.8. The van der Waals surface area contributed by atoms with Gasteiger partial charge in [0.1, 0.15) is 29.5 Å². The number of likely N-dealkylation sites (tertiary alicyclic amines) is 1. The van der Waals surface area contributed by atoms with Crippen LogP contribution in [0, 0.1) is 17.7 Å². The molecule has 46 heavy (non-hydrogen) atoms. The fourth-order valence-electron chi connectivity index (χ4n) is 5.97. The number of ether oxygens (including phenoxy) is 2. The Kier molecular flexibility index (Phi) is 10.0. The van der Waals surface area contributed by atoms with Crippen molar-refractivity contribution in [3.8, 4) is 0 Å². The highest BCUT2D eigenvalue weighted by molar-refractivity contribution is 5.95. The minimum atomic E-state index is -1.51. The van der Waals surface area contributed by atoms with Gasteiger partial charge in [0.15, 0.2) is 6.79 Å². The Labute approximate surface area is 266 Å². The highest BCUT2D eigenvalue weighted by Crippen LogP contribution is 2.45. The maximum Gasteiger partial charge on any atom is 0.410 e. The number of carbonyl (C=O) groups excluding carboxylic acids is 3. The number of hydroxylamine groups is 1. The van der Waals surface area contributed by atoms with E-state index in [4.69, 9.17) is 14.3 Å². The van der Waals surface area contributed by atoms with E-state index < -0.39 is 59.3 Å². The number of carboxylic acids is 1. The first kappa shape index (κ1) is 33.0. The van der Waals surface area contributed by atoms with E-state index in [9.17, 15) is 28.7 Å². The molecule has 2 heterocycles. The lowest BCUT2D eigenvalue weighted by atomic mass is 10.0. The molecule has 3 N–H and O–H groups in total. The van der Waals surface area contributed by atoms with Crippen LogP contribution in [0.5, 0.6) is 0 Å². The van der Waals surface area contributed by atoms with E-state index in [1.54, 1.807) is 26.0 Å². The largest absolute Gasteiger partial charge is 0.479 e. The van der Waals surface area contributed by atoms with Crippen molar-refractivity contribution in [1.82, 2.24) is 20.6 Å². The van der Waals surface area contributed by atoms with E-state index in [0.717, 1.165) is 5.56 Å². The SMILES string of the molecule is C=C[C@@H]1CC1(NC(=O)[C@@H]1C[C@@H](OC(=O)N2Cc3cccc(F)c3C2)CN1C(=O)C(NOCOCc1ccccc1)C(C)C)C(=O)O. The van der Waals surface area contributed by atoms with Crippen LogP contribution in [0.25, 0.3) is 0 Å². The van der Waals surface area contributed by atoms with Crippen molar-refractivity contribution in [2.24, 2.45) is 11.8 Å². The number of carbonyl (C=O) groups is 4. The molecule has 2 unspecified atom stereocenters. The molecule has 2 fully saturated rings. The number of fused-ring (bicyclic) bond motifs is 1. The Bertz CT molecular complexity index is 1470. The highest BCUT2D eigenvalue weighted by Gasteiger charge is 2.61. The Morgan fingerprint density at radius 3 is 2.54 bits per heavy atom. The van der Waals surface area contributed by atoms with Gasteiger partial charge >= 0.3 is 12.1 Å². The molecule has 2 aromatic carbocycles. The molecule has 3 amide bonds. The lowest BCUT2D eigenvalue weighted by molar-refractivity contribution is -0.154. The topological polar surface area (TPSA) is 147 Å². The van der Waals surface area contributed by atoms with Gasteiger partial charge in [0.25, 0.3) is 0 Å². The number of nitrogens with one attached hydrogen (secondary N) is 2. The smallest absolute Gasteiger partial charge is 0.410 e. The maximum absolute atomic E-state index is 14.3. The summed E-state index contributed by atoms with van der Waals surface area (Å²) in [5.41, 5.74) is 3.28. The van der Waals surface area contributed by atoms with Gasteiger partial charge in [0.2, 0.25) is 11.8 Å². The summed E-state index contributed by atoms with van der Waals surface area (Å²) in [6.45, 7) is 7.49. The number of rotatable bonds is 13. The van der Waals surface area contributed by atoms with Crippen LogP contribution < -0.4 is 10.8 Å². The van der Waals surface area contributed by atoms with Crippen molar-refractivity contribution in [1.29, 1.82) is 0 Å². The Balaban J connectivity index is 1.26. The molecule has 2 aliphatic heterocycles. The second kappa shape index (κ2) is 14.0. The van der Waals surface area contributed by atoms with Crippen molar-refractivity contribution in [2.45, 2.75) is 70.1 Å². The second-order valence-corrected chi connectivity index (χ2v) is 12.2. The summed E-state index contributed by atoms with van der Waals surface area (Å²) in [7, 11) is 0. The first-order chi connectivity index (χ1) is 22.0. The van der Waals surface area contributed by atoms with Gasteiger partial charge in [-0.25, -0.2) is 14.0 Å². The van der Waals surface area contributed by atoms with Crippen LogP contribution in [0.3, 0.4) is 0 Å². The van der Waals surface area contributed by atoms with Crippen molar-refractivity contribution < 1.29 is 43.0 Å². The Morgan fingerprint density at radius 1 is 1.13 bits per heavy atom. The zero-order chi connectivity index (χ0) is 33.0. The first-order valence-corrected chi connectivity index (χ1v) is 15.2. The van der Waals surface area contributed by atoms with Gasteiger partial charge in [-0.15, -0.1) is 6.58 Å². The number of hydrogen-bond acceptors (Lipinski definition) is 8. The van der Waals surface area contributed by atoms with Crippen LogP contribution in [-0.4, -0.2) is 75.8 Å². The van der Waals surface area contributed by atoms with E-state index in [2.05, 4.69) is 17.4 Å². The summed E-state index contributed by atoms with van der Waals surface area (Å²) in [5, 5.41) is 12.5. The summed E-state index contributed by atoms with van der Waals surface area (Å²) in [6.07, 6.45) is 0.0130. The molecule has 5 rings (SSSR count). The van der Waals surface area contributed by atoms with Crippen LogP contribution in [0.15, 0.2) is 61.2 Å². The highest BCUT2D eigenvalue weighted by atomic mass is 19.1. The molecule has 1 saturated heterocycles. The van der Waals surface area contributed by atoms with E-state index in [-0.39, 0.29) is 45.2 Å².